The van der Waals surface area contributed by atoms with Crippen LogP contribution in [0.4, 0.5) is 8.78 Å². The molecule has 1 saturated heterocycles. The van der Waals surface area contributed by atoms with Crippen LogP contribution in [-0.4, -0.2) is 54.4 Å². The highest BCUT2D eigenvalue weighted by Gasteiger charge is 2.25. The van der Waals surface area contributed by atoms with Gasteiger partial charge < -0.3 is 14.5 Å². The molecule has 1 aliphatic carbocycles. The molecular weight excluding hydrogens is 378 g/mol. The van der Waals surface area contributed by atoms with E-state index in [0.29, 0.717) is 45.4 Å². The number of benzene rings is 1. The van der Waals surface area contributed by atoms with E-state index in [0.717, 1.165) is 17.9 Å². The Morgan fingerprint density at radius 3 is 2.03 bits per heavy atom. The molecule has 2 aliphatic rings. The van der Waals surface area contributed by atoms with E-state index in [1.54, 1.807) is 12.1 Å². The van der Waals surface area contributed by atoms with E-state index in [1.165, 1.54) is 37.8 Å². The van der Waals surface area contributed by atoms with E-state index in [1.807, 2.05) is 9.80 Å². The van der Waals surface area contributed by atoms with Crippen LogP contribution in [0, 0.1) is 5.92 Å². The van der Waals surface area contributed by atoms with Crippen molar-refractivity contribution in [2.75, 3.05) is 26.2 Å². The lowest BCUT2D eigenvalue weighted by Gasteiger charge is -2.35. The van der Waals surface area contributed by atoms with Gasteiger partial charge in [0.25, 0.3) is 0 Å². The zero-order chi connectivity index (χ0) is 20.6. The number of nitrogens with zero attached hydrogens (tertiary/aromatic N) is 2. The van der Waals surface area contributed by atoms with E-state index in [-0.39, 0.29) is 17.6 Å². The first-order valence-electron chi connectivity index (χ1n) is 10.6. The van der Waals surface area contributed by atoms with Crippen LogP contribution in [0.3, 0.4) is 0 Å². The zero-order valence-electron chi connectivity index (χ0n) is 16.8. The van der Waals surface area contributed by atoms with E-state index >= 15 is 0 Å². The van der Waals surface area contributed by atoms with E-state index in [9.17, 15) is 18.4 Å². The minimum Gasteiger partial charge on any atom is -0.435 e. The quantitative estimate of drug-likeness (QED) is 0.656. The van der Waals surface area contributed by atoms with Crippen molar-refractivity contribution in [1.82, 2.24) is 9.80 Å². The molecule has 0 spiro atoms. The number of aryl methyl sites for hydroxylation is 1. The number of halogens is 2. The lowest BCUT2D eigenvalue weighted by atomic mass is 10.0. The molecule has 2 fully saturated rings. The summed E-state index contributed by atoms with van der Waals surface area (Å²) in [4.78, 5) is 28.6. The molecule has 0 unspecified atom stereocenters. The summed E-state index contributed by atoms with van der Waals surface area (Å²) >= 11 is 0. The minimum atomic E-state index is -2.84. The van der Waals surface area contributed by atoms with Crippen molar-refractivity contribution < 1.29 is 23.1 Å². The Balaban J connectivity index is 1.35. The lowest BCUT2D eigenvalue weighted by molar-refractivity contribution is -0.139. The number of ether oxygens (including phenoxy) is 1. The molecular formula is C22H30F2N2O3. The molecule has 29 heavy (non-hydrogen) atoms. The molecule has 160 valence electrons. The Hall–Kier alpha value is -2.18. The Kier molecular flexibility index (Phi) is 7.83. The number of carbonyl (C=O) groups is 2. The van der Waals surface area contributed by atoms with Crippen molar-refractivity contribution in [2.24, 2.45) is 5.92 Å². The van der Waals surface area contributed by atoms with E-state index in [4.69, 9.17) is 0 Å². The molecule has 1 aromatic rings. The molecule has 7 heteroatoms. The van der Waals surface area contributed by atoms with E-state index < -0.39 is 6.61 Å². The van der Waals surface area contributed by atoms with Crippen molar-refractivity contribution in [3.63, 3.8) is 0 Å². The summed E-state index contributed by atoms with van der Waals surface area (Å²) in [5.74, 6) is 1.12. The maximum absolute atomic E-state index is 12.5. The van der Waals surface area contributed by atoms with Gasteiger partial charge >= 0.3 is 6.61 Å². The van der Waals surface area contributed by atoms with Crippen molar-refractivity contribution >= 4 is 11.8 Å². The van der Waals surface area contributed by atoms with Crippen molar-refractivity contribution in [2.45, 2.75) is 58.0 Å². The van der Waals surface area contributed by atoms with Gasteiger partial charge in [-0.05, 0) is 36.5 Å². The summed E-state index contributed by atoms with van der Waals surface area (Å²) in [7, 11) is 0. The second-order valence-corrected chi connectivity index (χ2v) is 7.97. The maximum Gasteiger partial charge on any atom is 0.387 e. The normalized spacial score (nSPS) is 17.8. The summed E-state index contributed by atoms with van der Waals surface area (Å²) in [6.45, 7) is -0.468. The third-order valence-corrected chi connectivity index (χ3v) is 6.00. The highest BCUT2D eigenvalue weighted by Crippen LogP contribution is 2.28. The lowest BCUT2D eigenvalue weighted by Crippen LogP contribution is -2.50. The number of alkyl halides is 2. The molecule has 3 rings (SSSR count). The predicted molar refractivity (Wildman–Crippen MR) is 106 cm³/mol. The first kappa shape index (κ1) is 21.5. The number of hydrogen-bond donors (Lipinski definition) is 0. The average Bonchev–Trinajstić information content (AvgIpc) is 3.24. The fourth-order valence-electron chi connectivity index (χ4n) is 4.24. The molecule has 1 saturated carbocycles. The molecule has 0 N–H and O–H groups in total. The van der Waals surface area contributed by atoms with Gasteiger partial charge in [0, 0.05) is 39.0 Å². The minimum absolute atomic E-state index is 0.0657. The van der Waals surface area contributed by atoms with Crippen LogP contribution in [0.15, 0.2) is 24.3 Å². The molecule has 1 aromatic carbocycles. The number of hydrogen-bond acceptors (Lipinski definition) is 3. The zero-order valence-corrected chi connectivity index (χ0v) is 16.8. The first-order chi connectivity index (χ1) is 14.0. The van der Waals surface area contributed by atoms with Crippen molar-refractivity contribution in [3.8, 4) is 5.75 Å². The van der Waals surface area contributed by atoms with Crippen molar-refractivity contribution in [3.05, 3.63) is 29.8 Å². The van der Waals surface area contributed by atoms with Gasteiger partial charge in [-0.2, -0.15) is 8.78 Å². The molecule has 0 atom stereocenters. The first-order valence-corrected chi connectivity index (χ1v) is 10.6. The smallest absolute Gasteiger partial charge is 0.387 e. The topological polar surface area (TPSA) is 49.9 Å². The fourth-order valence-corrected chi connectivity index (χ4v) is 4.24. The fraction of sp³-hybridized carbons (Fsp3) is 0.636. The molecule has 0 radical (unpaired) electrons. The molecule has 2 amide bonds. The Morgan fingerprint density at radius 2 is 1.48 bits per heavy atom. The summed E-state index contributed by atoms with van der Waals surface area (Å²) in [5.41, 5.74) is 0.903. The van der Waals surface area contributed by atoms with Gasteiger partial charge in [0.05, 0.1) is 0 Å². The number of amides is 2. The largest absolute Gasteiger partial charge is 0.435 e. The summed E-state index contributed by atoms with van der Waals surface area (Å²) in [6.07, 6.45) is 7.66. The van der Waals surface area contributed by atoms with Crippen LogP contribution < -0.4 is 4.74 Å². The summed E-state index contributed by atoms with van der Waals surface area (Å²) in [6, 6.07) is 6.38. The number of piperazine rings is 1. The van der Waals surface area contributed by atoms with Gasteiger partial charge in [-0.25, -0.2) is 0 Å². The summed E-state index contributed by atoms with van der Waals surface area (Å²) in [5, 5.41) is 0. The Morgan fingerprint density at radius 1 is 0.931 bits per heavy atom. The third kappa shape index (κ3) is 6.68. The molecule has 1 aliphatic heterocycles. The summed E-state index contributed by atoms with van der Waals surface area (Å²) < 4.78 is 28.7. The second-order valence-electron chi connectivity index (χ2n) is 7.97. The molecule has 0 bridgehead atoms. The van der Waals surface area contributed by atoms with Gasteiger partial charge in [-0.15, -0.1) is 0 Å². The second kappa shape index (κ2) is 10.6. The van der Waals surface area contributed by atoms with Crippen LogP contribution in [0.2, 0.25) is 0 Å². The highest BCUT2D eigenvalue weighted by atomic mass is 19.3. The Labute approximate surface area is 171 Å². The standard InChI is InChI=1S/C22H30F2N2O3/c23-22(24)29-19-9-5-18(6-10-19)8-12-21(28)26-15-13-25(14-16-26)20(27)11-7-17-3-1-2-4-17/h5-6,9-10,17,22H,1-4,7-8,11-16H2. The molecule has 5 nitrogen and oxygen atoms in total. The SMILES string of the molecule is O=C(CCc1ccc(OC(F)F)cc1)N1CCN(C(=O)CCC2CCCC2)CC1. The monoisotopic (exact) mass is 408 g/mol. The third-order valence-electron chi connectivity index (χ3n) is 6.00. The van der Waals surface area contributed by atoms with Gasteiger partial charge in [-0.1, -0.05) is 37.8 Å². The maximum atomic E-state index is 12.5. The average molecular weight is 408 g/mol. The van der Waals surface area contributed by atoms with Gasteiger partial charge in [0.15, 0.2) is 0 Å². The Bertz CT molecular complexity index is 667. The van der Waals surface area contributed by atoms with Gasteiger partial charge in [0.2, 0.25) is 11.8 Å². The van der Waals surface area contributed by atoms with Crippen LogP contribution in [-0.2, 0) is 16.0 Å². The van der Waals surface area contributed by atoms with E-state index in [2.05, 4.69) is 4.74 Å². The van der Waals surface area contributed by atoms with Crippen LogP contribution >= 0.6 is 0 Å². The molecule has 0 aromatic heterocycles. The van der Waals surface area contributed by atoms with Crippen molar-refractivity contribution in [1.29, 1.82) is 0 Å². The van der Waals surface area contributed by atoms with Crippen LogP contribution in [0.5, 0.6) is 5.75 Å². The number of carbonyl (C=O) groups excluding carboxylic acids is 2. The highest BCUT2D eigenvalue weighted by molar-refractivity contribution is 5.78. The van der Waals surface area contributed by atoms with Crippen LogP contribution in [0.1, 0.15) is 50.5 Å². The predicted octanol–water partition coefficient (Wildman–Crippen LogP) is 3.86. The van der Waals surface area contributed by atoms with Gasteiger partial charge in [-0.3, -0.25) is 9.59 Å². The van der Waals surface area contributed by atoms with Gasteiger partial charge in [0.1, 0.15) is 5.75 Å². The molecule has 1 heterocycles. The number of rotatable bonds is 8. The van der Waals surface area contributed by atoms with Crippen LogP contribution in [0.25, 0.3) is 0 Å².